The molecule has 1 heterocycles. The predicted octanol–water partition coefficient (Wildman–Crippen LogP) is 8.13. The van der Waals surface area contributed by atoms with Crippen LogP contribution in [0.1, 0.15) is 111 Å². The summed E-state index contributed by atoms with van der Waals surface area (Å²) in [5.74, 6) is 0.382. The Morgan fingerprint density at radius 3 is 1.81 bits per heavy atom. The van der Waals surface area contributed by atoms with Crippen LogP contribution in [0.2, 0.25) is 0 Å². The highest BCUT2D eigenvalue weighted by molar-refractivity contribution is 5.19. The Hall–Kier alpha value is -0.930. The second kappa shape index (κ2) is 19.7. The SMILES string of the molecule is CCC(C)c1ccc(F)cc1.CCCC(CCC)N1CCCCC1.CCCN(C)CC. The lowest BCUT2D eigenvalue weighted by Gasteiger charge is -2.34. The van der Waals surface area contributed by atoms with Crippen LogP contribution in [0.3, 0.4) is 0 Å². The summed E-state index contributed by atoms with van der Waals surface area (Å²) >= 11 is 0. The molecular formula is C28H53FN2. The van der Waals surface area contributed by atoms with Crippen molar-refractivity contribution in [2.24, 2.45) is 0 Å². The largest absolute Gasteiger partial charge is 0.307 e. The highest BCUT2D eigenvalue weighted by Gasteiger charge is 2.18. The number of hydrogen-bond donors (Lipinski definition) is 0. The van der Waals surface area contributed by atoms with E-state index < -0.39 is 0 Å². The van der Waals surface area contributed by atoms with Crippen LogP contribution in [0.25, 0.3) is 0 Å². The van der Waals surface area contributed by atoms with Crippen LogP contribution in [0.15, 0.2) is 24.3 Å². The second-order valence-electron chi connectivity index (χ2n) is 9.08. The zero-order valence-electron chi connectivity index (χ0n) is 21.9. The van der Waals surface area contributed by atoms with Gasteiger partial charge in [-0.05, 0) is 95.4 Å². The van der Waals surface area contributed by atoms with Crippen LogP contribution in [0, 0.1) is 5.82 Å². The van der Waals surface area contributed by atoms with Gasteiger partial charge in [-0.25, -0.2) is 4.39 Å². The van der Waals surface area contributed by atoms with E-state index in [1.54, 1.807) is 0 Å². The first-order valence-corrected chi connectivity index (χ1v) is 13.1. The van der Waals surface area contributed by atoms with Crippen molar-refractivity contribution in [2.45, 2.75) is 111 Å². The molecular weight excluding hydrogens is 383 g/mol. The number of benzene rings is 1. The van der Waals surface area contributed by atoms with Crippen molar-refractivity contribution in [3.63, 3.8) is 0 Å². The standard InChI is InChI=1S/C12H25N.C10H13F.C6H15N/c1-3-8-12(9-4-2)13-10-6-5-7-11-13;1-3-8(2)9-4-6-10(11)7-5-9;1-4-6-7(3)5-2/h12H,3-11H2,1-2H3;4-8H,3H2,1-2H3;4-6H2,1-3H3. The maximum absolute atomic E-state index is 12.5. The third-order valence-electron chi connectivity index (χ3n) is 6.35. The van der Waals surface area contributed by atoms with Crippen LogP contribution in [0.4, 0.5) is 4.39 Å². The Balaban J connectivity index is 0.000000457. The first kappa shape index (κ1) is 30.1. The van der Waals surface area contributed by atoms with Gasteiger partial charge in [0, 0.05) is 6.04 Å². The van der Waals surface area contributed by atoms with Crippen molar-refractivity contribution in [2.75, 3.05) is 33.2 Å². The summed E-state index contributed by atoms with van der Waals surface area (Å²) in [5, 5.41) is 0. The predicted molar refractivity (Wildman–Crippen MR) is 138 cm³/mol. The Kier molecular flexibility index (Phi) is 19.1. The maximum atomic E-state index is 12.5. The maximum Gasteiger partial charge on any atom is 0.123 e. The summed E-state index contributed by atoms with van der Waals surface area (Å²) < 4.78 is 12.5. The summed E-state index contributed by atoms with van der Waals surface area (Å²) in [6, 6.07) is 7.63. The van der Waals surface area contributed by atoms with Gasteiger partial charge in [-0.2, -0.15) is 0 Å². The Morgan fingerprint density at radius 1 is 0.871 bits per heavy atom. The number of hydrogen-bond acceptors (Lipinski definition) is 2. The molecule has 182 valence electrons. The first-order valence-electron chi connectivity index (χ1n) is 13.1. The van der Waals surface area contributed by atoms with Gasteiger partial charge in [-0.15, -0.1) is 0 Å². The van der Waals surface area contributed by atoms with Crippen LogP contribution < -0.4 is 0 Å². The van der Waals surface area contributed by atoms with E-state index >= 15 is 0 Å². The molecule has 1 aromatic carbocycles. The van der Waals surface area contributed by atoms with Gasteiger partial charge in [0.2, 0.25) is 0 Å². The average Bonchev–Trinajstić information content (AvgIpc) is 2.80. The summed E-state index contributed by atoms with van der Waals surface area (Å²) in [6.07, 6.45) is 12.2. The highest BCUT2D eigenvalue weighted by atomic mass is 19.1. The fraction of sp³-hybridized carbons (Fsp3) is 0.786. The van der Waals surface area contributed by atoms with Gasteiger partial charge in [0.25, 0.3) is 0 Å². The fourth-order valence-electron chi connectivity index (χ4n) is 4.03. The number of halogens is 1. The Morgan fingerprint density at radius 2 is 1.42 bits per heavy atom. The van der Waals surface area contributed by atoms with E-state index in [9.17, 15) is 4.39 Å². The van der Waals surface area contributed by atoms with Crippen LogP contribution in [0.5, 0.6) is 0 Å². The van der Waals surface area contributed by atoms with Gasteiger partial charge in [0.05, 0.1) is 0 Å². The molecule has 1 aliphatic heterocycles. The molecule has 0 spiro atoms. The second-order valence-corrected chi connectivity index (χ2v) is 9.08. The molecule has 2 nitrogen and oxygen atoms in total. The van der Waals surface area contributed by atoms with E-state index in [1.807, 2.05) is 12.1 Å². The quantitative estimate of drug-likeness (QED) is 0.365. The number of rotatable bonds is 10. The molecule has 1 aromatic rings. The Labute approximate surface area is 194 Å². The van der Waals surface area contributed by atoms with Crippen LogP contribution in [-0.2, 0) is 0 Å². The topological polar surface area (TPSA) is 6.48 Å². The van der Waals surface area contributed by atoms with Crippen molar-refractivity contribution >= 4 is 0 Å². The van der Waals surface area contributed by atoms with Crippen molar-refractivity contribution < 1.29 is 4.39 Å². The summed E-state index contributed by atoms with van der Waals surface area (Å²) in [4.78, 5) is 5.04. The van der Waals surface area contributed by atoms with Crippen molar-refractivity contribution in [3.05, 3.63) is 35.6 Å². The van der Waals surface area contributed by atoms with Crippen molar-refractivity contribution in [1.29, 1.82) is 0 Å². The van der Waals surface area contributed by atoms with E-state index in [2.05, 4.69) is 58.4 Å². The molecule has 31 heavy (non-hydrogen) atoms. The van der Waals surface area contributed by atoms with E-state index in [0.717, 1.165) is 12.5 Å². The summed E-state index contributed by atoms with van der Waals surface area (Å²) in [6.45, 7) is 18.4. The van der Waals surface area contributed by atoms with E-state index in [-0.39, 0.29) is 5.82 Å². The van der Waals surface area contributed by atoms with Crippen molar-refractivity contribution in [3.8, 4) is 0 Å². The molecule has 0 amide bonds. The summed E-state index contributed by atoms with van der Waals surface area (Å²) in [5.41, 5.74) is 1.22. The minimum Gasteiger partial charge on any atom is -0.307 e. The fourth-order valence-corrected chi connectivity index (χ4v) is 4.03. The monoisotopic (exact) mass is 436 g/mol. The van der Waals surface area contributed by atoms with Crippen molar-refractivity contribution in [1.82, 2.24) is 9.80 Å². The van der Waals surface area contributed by atoms with Gasteiger partial charge in [0.15, 0.2) is 0 Å². The minimum atomic E-state index is -0.156. The lowest BCUT2D eigenvalue weighted by atomic mass is 9.99. The molecule has 0 radical (unpaired) electrons. The molecule has 3 heteroatoms. The van der Waals surface area contributed by atoms with E-state index in [4.69, 9.17) is 0 Å². The third kappa shape index (κ3) is 14.7. The van der Waals surface area contributed by atoms with Gasteiger partial charge in [0.1, 0.15) is 5.82 Å². The Bertz CT molecular complexity index is 490. The van der Waals surface area contributed by atoms with Gasteiger partial charge in [-0.3, -0.25) is 0 Å². The average molecular weight is 437 g/mol. The van der Waals surface area contributed by atoms with E-state index in [1.165, 1.54) is 95.2 Å². The molecule has 1 fully saturated rings. The lowest BCUT2D eigenvalue weighted by molar-refractivity contribution is 0.146. The third-order valence-corrected chi connectivity index (χ3v) is 6.35. The number of nitrogens with zero attached hydrogens (tertiary/aromatic N) is 2. The van der Waals surface area contributed by atoms with Crippen LogP contribution >= 0.6 is 0 Å². The van der Waals surface area contributed by atoms with Gasteiger partial charge < -0.3 is 9.80 Å². The minimum absolute atomic E-state index is 0.156. The molecule has 0 aromatic heterocycles. The molecule has 0 N–H and O–H groups in total. The summed E-state index contributed by atoms with van der Waals surface area (Å²) in [7, 11) is 2.14. The van der Waals surface area contributed by atoms with Gasteiger partial charge in [-0.1, -0.05) is 72.9 Å². The molecule has 1 atom stereocenters. The highest BCUT2D eigenvalue weighted by Crippen LogP contribution is 2.19. The number of likely N-dealkylation sites (tertiary alicyclic amines) is 1. The molecule has 0 aliphatic carbocycles. The van der Waals surface area contributed by atoms with Gasteiger partial charge >= 0.3 is 0 Å². The molecule has 1 aliphatic rings. The molecule has 2 rings (SSSR count). The first-order chi connectivity index (χ1) is 14.9. The normalized spacial score (nSPS) is 15.2. The molecule has 1 unspecified atom stereocenters. The van der Waals surface area contributed by atoms with Crippen LogP contribution in [-0.4, -0.2) is 49.1 Å². The smallest absolute Gasteiger partial charge is 0.123 e. The molecule has 0 bridgehead atoms. The lowest BCUT2D eigenvalue weighted by Crippen LogP contribution is -2.39. The zero-order chi connectivity index (χ0) is 23.5. The molecule has 1 saturated heterocycles. The zero-order valence-corrected chi connectivity index (χ0v) is 21.9. The number of piperidine rings is 1. The molecule has 0 saturated carbocycles. The van der Waals surface area contributed by atoms with E-state index in [0.29, 0.717) is 5.92 Å².